The van der Waals surface area contributed by atoms with Gasteiger partial charge in [-0.25, -0.2) is 0 Å². The van der Waals surface area contributed by atoms with Gasteiger partial charge in [0.2, 0.25) is 5.91 Å². The van der Waals surface area contributed by atoms with Crippen molar-refractivity contribution in [2.45, 2.75) is 26.2 Å². The molecule has 0 aromatic heterocycles. The van der Waals surface area contributed by atoms with Gasteiger partial charge in [0.25, 0.3) is 0 Å². The van der Waals surface area contributed by atoms with Crippen LogP contribution in [0.3, 0.4) is 0 Å². The van der Waals surface area contributed by atoms with E-state index >= 15 is 0 Å². The third kappa shape index (κ3) is 3.53. The molecular formula is C11H19NO3. The zero-order valence-electron chi connectivity index (χ0n) is 9.66. The molecule has 2 unspecified atom stereocenters. The Balaban J connectivity index is 2.15. The minimum Gasteiger partial charge on any atom is -0.469 e. The highest BCUT2D eigenvalue weighted by Crippen LogP contribution is 2.38. The number of esters is 1. The molecule has 0 heterocycles. The molecule has 1 rings (SSSR count). The number of hydrogen-bond acceptors (Lipinski definition) is 3. The first-order chi connectivity index (χ1) is 7.06. The lowest BCUT2D eigenvalue weighted by Gasteiger charge is -2.16. The molecule has 15 heavy (non-hydrogen) atoms. The minimum atomic E-state index is -0.212. The molecule has 1 aliphatic carbocycles. The molecule has 0 bridgehead atoms. The average molecular weight is 213 g/mol. The summed E-state index contributed by atoms with van der Waals surface area (Å²) in [5, 5.41) is 0. The summed E-state index contributed by atoms with van der Waals surface area (Å²) in [7, 11) is 3.17. The van der Waals surface area contributed by atoms with Gasteiger partial charge in [-0.15, -0.1) is 0 Å². The zero-order chi connectivity index (χ0) is 11.4. The monoisotopic (exact) mass is 213 g/mol. The van der Waals surface area contributed by atoms with Crippen molar-refractivity contribution in [2.75, 3.05) is 20.7 Å². The summed E-state index contributed by atoms with van der Waals surface area (Å²) in [6.07, 6.45) is 2.07. The largest absolute Gasteiger partial charge is 0.469 e. The van der Waals surface area contributed by atoms with Gasteiger partial charge in [-0.3, -0.25) is 9.59 Å². The fourth-order valence-electron chi connectivity index (χ4n) is 1.62. The van der Waals surface area contributed by atoms with E-state index in [1.54, 1.807) is 11.9 Å². The Bertz CT molecular complexity index is 252. The molecule has 0 spiro atoms. The fraction of sp³-hybridized carbons (Fsp3) is 0.818. The van der Waals surface area contributed by atoms with Gasteiger partial charge < -0.3 is 9.64 Å². The van der Waals surface area contributed by atoms with Crippen molar-refractivity contribution in [1.82, 2.24) is 4.90 Å². The summed E-state index contributed by atoms with van der Waals surface area (Å²) < 4.78 is 4.53. The van der Waals surface area contributed by atoms with Gasteiger partial charge in [-0.1, -0.05) is 6.92 Å². The second kappa shape index (κ2) is 5.14. The van der Waals surface area contributed by atoms with Gasteiger partial charge in [0.15, 0.2) is 0 Å². The lowest BCUT2D eigenvalue weighted by molar-refractivity contribution is -0.141. The summed E-state index contributed by atoms with van der Waals surface area (Å²) in [4.78, 5) is 24.2. The first-order valence-corrected chi connectivity index (χ1v) is 5.38. The second-order valence-corrected chi connectivity index (χ2v) is 4.26. The van der Waals surface area contributed by atoms with Crippen molar-refractivity contribution in [3.63, 3.8) is 0 Å². The molecule has 2 atom stereocenters. The van der Waals surface area contributed by atoms with E-state index in [2.05, 4.69) is 11.7 Å². The molecule has 1 fully saturated rings. The minimum absolute atomic E-state index is 0.212. The Labute approximate surface area is 90.6 Å². The molecule has 0 aromatic carbocycles. The van der Waals surface area contributed by atoms with E-state index < -0.39 is 0 Å². The number of carbonyl (C=O) groups is 2. The number of hydrogen-bond donors (Lipinski definition) is 0. The molecule has 0 aliphatic heterocycles. The first kappa shape index (κ1) is 12.0. The van der Waals surface area contributed by atoms with E-state index in [0.717, 1.165) is 6.42 Å². The van der Waals surface area contributed by atoms with Crippen LogP contribution in [0.2, 0.25) is 0 Å². The quantitative estimate of drug-likeness (QED) is 0.641. The number of rotatable bonds is 5. The Morgan fingerprint density at radius 3 is 2.53 bits per heavy atom. The highest BCUT2D eigenvalue weighted by molar-refractivity contribution is 5.81. The summed E-state index contributed by atoms with van der Waals surface area (Å²) in [5.74, 6) is 0.775. The normalized spacial score (nSPS) is 23.4. The molecule has 1 saturated carbocycles. The van der Waals surface area contributed by atoms with Crippen LogP contribution in [0.1, 0.15) is 26.2 Å². The van der Waals surface area contributed by atoms with Crippen molar-refractivity contribution >= 4 is 11.9 Å². The number of nitrogens with zero attached hydrogens (tertiary/aromatic N) is 1. The maximum atomic E-state index is 11.7. The van der Waals surface area contributed by atoms with E-state index in [4.69, 9.17) is 0 Å². The van der Waals surface area contributed by atoms with Crippen LogP contribution >= 0.6 is 0 Å². The van der Waals surface area contributed by atoms with Crippen LogP contribution in [0.25, 0.3) is 0 Å². The molecule has 4 nitrogen and oxygen atoms in total. The second-order valence-electron chi connectivity index (χ2n) is 4.26. The van der Waals surface area contributed by atoms with Crippen LogP contribution in [-0.2, 0) is 14.3 Å². The van der Waals surface area contributed by atoms with Crippen LogP contribution in [0.4, 0.5) is 0 Å². The molecule has 0 radical (unpaired) electrons. The van der Waals surface area contributed by atoms with E-state index in [1.807, 2.05) is 0 Å². The molecule has 0 aromatic rings. The summed E-state index contributed by atoms with van der Waals surface area (Å²) >= 11 is 0. The van der Waals surface area contributed by atoms with E-state index in [0.29, 0.717) is 25.3 Å². The average Bonchev–Trinajstić information content (AvgIpc) is 2.93. The molecule has 1 aliphatic rings. The first-order valence-electron chi connectivity index (χ1n) is 5.38. The van der Waals surface area contributed by atoms with Gasteiger partial charge >= 0.3 is 5.97 Å². The van der Waals surface area contributed by atoms with Crippen LogP contribution in [0, 0.1) is 11.8 Å². The maximum Gasteiger partial charge on any atom is 0.305 e. The van der Waals surface area contributed by atoms with Gasteiger partial charge in [0, 0.05) is 25.9 Å². The predicted octanol–water partition coefficient (Wildman–Crippen LogP) is 1.05. The molecule has 86 valence electrons. The van der Waals surface area contributed by atoms with Gasteiger partial charge in [0.1, 0.15) is 0 Å². The molecular weight excluding hydrogens is 194 g/mol. The highest BCUT2D eigenvalue weighted by Gasteiger charge is 2.40. The highest BCUT2D eigenvalue weighted by atomic mass is 16.5. The number of ether oxygens (including phenoxy) is 1. The summed E-state index contributed by atoms with van der Waals surface area (Å²) in [6.45, 7) is 2.72. The fourth-order valence-corrected chi connectivity index (χ4v) is 1.62. The topological polar surface area (TPSA) is 46.6 Å². The van der Waals surface area contributed by atoms with Crippen LogP contribution in [0.5, 0.6) is 0 Å². The van der Waals surface area contributed by atoms with E-state index in [1.165, 1.54) is 7.11 Å². The maximum absolute atomic E-state index is 11.7. The molecule has 1 amide bonds. The number of carbonyl (C=O) groups excluding carboxylic acids is 2. The Kier molecular flexibility index (Phi) is 4.12. The van der Waals surface area contributed by atoms with Crippen molar-refractivity contribution in [2.24, 2.45) is 11.8 Å². The lowest BCUT2D eigenvalue weighted by atomic mass is 10.2. The summed E-state index contributed by atoms with van der Waals surface area (Å²) in [5.41, 5.74) is 0. The van der Waals surface area contributed by atoms with Gasteiger partial charge in [-0.2, -0.15) is 0 Å². The van der Waals surface area contributed by atoms with Gasteiger partial charge in [-0.05, 0) is 18.8 Å². The Morgan fingerprint density at radius 2 is 2.07 bits per heavy atom. The van der Waals surface area contributed by atoms with Gasteiger partial charge in [0.05, 0.1) is 7.11 Å². The predicted molar refractivity (Wildman–Crippen MR) is 56.2 cm³/mol. The van der Waals surface area contributed by atoms with E-state index in [-0.39, 0.29) is 17.8 Å². The van der Waals surface area contributed by atoms with Crippen molar-refractivity contribution in [1.29, 1.82) is 0 Å². The van der Waals surface area contributed by atoms with E-state index in [9.17, 15) is 9.59 Å². The SMILES string of the molecule is COC(=O)CCCN(C)C(=O)C1CC1C. The van der Waals surface area contributed by atoms with Crippen LogP contribution in [0.15, 0.2) is 0 Å². The summed E-state index contributed by atoms with van der Waals surface area (Å²) in [6, 6.07) is 0. The Morgan fingerprint density at radius 1 is 1.47 bits per heavy atom. The smallest absolute Gasteiger partial charge is 0.305 e. The number of methoxy groups -OCH3 is 1. The third-order valence-corrected chi connectivity index (χ3v) is 2.90. The zero-order valence-corrected chi connectivity index (χ0v) is 9.66. The lowest BCUT2D eigenvalue weighted by Crippen LogP contribution is -2.29. The molecule has 0 N–H and O–H groups in total. The van der Waals surface area contributed by atoms with Crippen molar-refractivity contribution in [3.05, 3.63) is 0 Å². The molecule has 4 heteroatoms. The third-order valence-electron chi connectivity index (χ3n) is 2.90. The van der Waals surface area contributed by atoms with Crippen molar-refractivity contribution in [3.8, 4) is 0 Å². The van der Waals surface area contributed by atoms with Crippen molar-refractivity contribution < 1.29 is 14.3 Å². The number of amides is 1. The van der Waals surface area contributed by atoms with Crippen LogP contribution < -0.4 is 0 Å². The Hall–Kier alpha value is -1.06. The van der Waals surface area contributed by atoms with Crippen LogP contribution in [-0.4, -0.2) is 37.5 Å². The standard InChI is InChI=1S/C11H19NO3/c1-8-7-9(8)11(14)12(2)6-4-5-10(13)15-3/h8-9H,4-7H2,1-3H3. The molecule has 0 saturated heterocycles.